The molecule has 2 N–H and O–H groups in total. The Hall–Kier alpha value is -1.15. The lowest BCUT2D eigenvalue weighted by atomic mass is 9.96. The van der Waals surface area contributed by atoms with Crippen LogP contribution >= 0.6 is 12.4 Å². The Morgan fingerprint density at radius 2 is 2.04 bits per heavy atom. The Morgan fingerprint density at radius 1 is 1.33 bits per heavy atom. The quantitative estimate of drug-likeness (QED) is 0.833. The molecule has 0 unspecified atom stereocenters. The van der Waals surface area contributed by atoms with Gasteiger partial charge in [0.1, 0.15) is 0 Å². The Labute approximate surface area is 149 Å². The van der Waals surface area contributed by atoms with Crippen LogP contribution in [-0.4, -0.2) is 40.5 Å². The van der Waals surface area contributed by atoms with Crippen molar-refractivity contribution in [3.63, 3.8) is 0 Å². The van der Waals surface area contributed by atoms with E-state index in [9.17, 15) is 13.2 Å². The van der Waals surface area contributed by atoms with Gasteiger partial charge in [-0.25, -0.2) is 13.1 Å². The van der Waals surface area contributed by atoms with E-state index in [-0.39, 0.29) is 29.1 Å². The van der Waals surface area contributed by atoms with Crippen molar-refractivity contribution in [1.29, 1.82) is 0 Å². The van der Waals surface area contributed by atoms with Crippen molar-refractivity contribution in [1.82, 2.24) is 10.0 Å². The number of rotatable bonds is 4. The van der Waals surface area contributed by atoms with Gasteiger partial charge in [-0.1, -0.05) is 13.0 Å². The fourth-order valence-corrected chi connectivity index (χ4v) is 4.38. The number of benzene rings is 1. The summed E-state index contributed by atoms with van der Waals surface area (Å²) < 4.78 is 26.9. The average Bonchev–Trinajstić information content (AvgIpc) is 2.98. The lowest BCUT2D eigenvalue weighted by molar-refractivity contribution is -0.123. The van der Waals surface area contributed by atoms with Gasteiger partial charge >= 0.3 is 0 Å². The van der Waals surface area contributed by atoms with Crippen LogP contribution in [0.5, 0.6) is 0 Å². The number of piperidine rings is 1. The smallest absolute Gasteiger partial charge is 0.240 e. The Bertz CT molecular complexity index is 703. The van der Waals surface area contributed by atoms with Gasteiger partial charge in [0, 0.05) is 24.7 Å². The van der Waals surface area contributed by atoms with Gasteiger partial charge in [-0.15, -0.1) is 12.4 Å². The van der Waals surface area contributed by atoms with Crippen LogP contribution in [0, 0.1) is 5.92 Å². The molecule has 24 heavy (non-hydrogen) atoms. The molecule has 6 nitrogen and oxygen atoms in total. The first kappa shape index (κ1) is 19.2. The molecule has 0 bridgehead atoms. The SMILES string of the molecule is CCNS(=O)(=O)c1ccc2c(c1)N(C(=O)C1CCNCC1)CC2.Cl. The Balaban J connectivity index is 0.00000208. The third-order valence-corrected chi connectivity index (χ3v) is 6.09. The number of nitrogens with one attached hydrogen (secondary N) is 2. The van der Waals surface area contributed by atoms with E-state index < -0.39 is 10.0 Å². The predicted octanol–water partition coefficient (Wildman–Crippen LogP) is 1.30. The van der Waals surface area contributed by atoms with Gasteiger partial charge in [0.15, 0.2) is 0 Å². The van der Waals surface area contributed by atoms with Crippen LogP contribution in [0.4, 0.5) is 5.69 Å². The number of carbonyl (C=O) groups is 1. The first-order valence-corrected chi connectivity index (χ1v) is 9.66. The number of anilines is 1. The third-order valence-electron chi connectivity index (χ3n) is 4.55. The van der Waals surface area contributed by atoms with Crippen LogP contribution in [0.2, 0.25) is 0 Å². The largest absolute Gasteiger partial charge is 0.317 e. The fourth-order valence-electron chi connectivity index (χ4n) is 3.32. The molecule has 0 atom stereocenters. The summed E-state index contributed by atoms with van der Waals surface area (Å²) in [6, 6.07) is 5.09. The molecule has 0 aromatic heterocycles. The number of carbonyl (C=O) groups excluding carboxylic acids is 1. The molecule has 8 heteroatoms. The van der Waals surface area contributed by atoms with E-state index in [1.165, 1.54) is 0 Å². The van der Waals surface area contributed by atoms with Gasteiger partial charge in [-0.3, -0.25) is 4.79 Å². The molecule has 0 radical (unpaired) electrons. The predicted molar refractivity (Wildman–Crippen MR) is 96.2 cm³/mol. The molecule has 1 aromatic carbocycles. The van der Waals surface area contributed by atoms with E-state index in [0.29, 0.717) is 13.1 Å². The zero-order valence-corrected chi connectivity index (χ0v) is 15.4. The zero-order valence-electron chi connectivity index (χ0n) is 13.7. The van der Waals surface area contributed by atoms with Crippen molar-refractivity contribution in [3.05, 3.63) is 23.8 Å². The van der Waals surface area contributed by atoms with Crippen molar-refractivity contribution >= 4 is 34.0 Å². The summed E-state index contributed by atoms with van der Waals surface area (Å²) in [4.78, 5) is 14.8. The molecule has 1 saturated heterocycles. The highest BCUT2D eigenvalue weighted by atomic mass is 35.5. The number of halogens is 1. The Kier molecular flexibility index (Phi) is 6.25. The topological polar surface area (TPSA) is 78.5 Å². The van der Waals surface area contributed by atoms with Gasteiger partial charge in [-0.2, -0.15) is 0 Å². The Morgan fingerprint density at radius 3 is 2.71 bits per heavy atom. The summed E-state index contributed by atoms with van der Waals surface area (Å²) in [5.41, 5.74) is 1.80. The summed E-state index contributed by atoms with van der Waals surface area (Å²) in [5.74, 6) is 0.166. The maximum Gasteiger partial charge on any atom is 0.240 e. The van der Waals surface area contributed by atoms with Gasteiger partial charge in [0.25, 0.3) is 0 Å². The van der Waals surface area contributed by atoms with Crippen molar-refractivity contribution < 1.29 is 13.2 Å². The van der Waals surface area contributed by atoms with Gasteiger partial charge < -0.3 is 10.2 Å². The number of nitrogens with zero attached hydrogens (tertiary/aromatic N) is 1. The molecule has 1 fully saturated rings. The summed E-state index contributed by atoms with van der Waals surface area (Å²) >= 11 is 0. The number of hydrogen-bond acceptors (Lipinski definition) is 4. The number of sulfonamides is 1. The molecule has 134 valence electrons. The summed E-state index contributed by atoms with van der Waals surface area (Å²) in [7, 11) is -3.50. The second-order valence-corrected chi connectivity index (χ2v) is 7.82. The highest BCUT2D eigenvalue weighted by Crippen LogP contribution is 2.32. The standard InChI is InChI=1S/C16H23N3O3S.ClH/c1-2-18-23(21,22)14-4-3-12-7-10-19(15(12)11-14)16(20)13-5-8-17-9-6-13;/h3-4,11,13,17-18H,2,5-10H2,1H3;1H. The van der Waals surface area contributed by atoms with E-state index in [1.54, 1.807) is 24.0 Å². The summed E-state index contributed by atoms with van der Waals surface area (Å²) in [6.07, 6.45) is 2.48. The van der Waals surface area contributed by atoms with E-state index in [0.717, 1.165) is 43.6 Å². The molecule has 2 aliphatic rings. The minimum Gasteiger partial charge on any atom is -0.317 e. The van der Waals surface area contributed by atoms with Crippen molar-refractivity contribution in [2.24, 2.45) is 5.92 Å². The lowest BCUT2D eigenvalue weighted by Gasteiger charge is -2.27. The van der Waals surface area contributed by atoms with Crippen molar-refractivity contribution in [3.8, 4) is 0 Å². The number of amides is 1. The molecule has 1 amide bonds. The number of hydrogen-bond donors (Lipinski definition) is 2. The molecule has 3 rings (SSSR count). The van der Waals surface area contributed by atoms with E-state index in [2.05, 4.69) is 10.0 Å². The van der Waals surface area contributed by atoms with E-state index in [1.807, 2.05) is 6.07 Å². The van der Waals surface area contributed by atoms with Gasteiger partial charge in [0.05, 0.1) is 4.90 Å². The first-order chi connectivity index (χ1) is 11.0. The zero-order chi connectivity index (χ0) is 16.4. The molecule has 2 heterocycles. The molecule has 0 saturated carbocycles. The summed E-state index contributed by atoms with van der Waals surface area (Å²) in [5, 5.41) is 3.26. The van der Waals surface area contributed by atoms with Crippen LogP contribution in [0.3, 0.4) is 0 Å². The second kappa shape index (κ2) is 7.82. The number of fused-ring (bicyclic) bond motifs is 1. The van der Waals surface area contributed by atoms with E-state index >= 15 is 0 Å². The highest BCUT2D eigenvalue weighted by Gasteiger charge is 2.31. The van der Waals surface area contributed by atoms with Gasteiger partial charge in [-0.05, 0) is 50.0 Å². The first-order valence-electron chi connectivity index (χ1n) is 8.17. The second-order valence-electron chi connectivity index (χ2n) is 6.06. The highest BCUT2D eigenvalue weighted by molar-refractivity contribution is 7.89. The minimum atomic E-state index is -3.50. The van der Waals surface area contributed by atoms with Crippen LogP contribution in [-0.2, 0) is 21.2 Å². The van der Waals surface area contributed by atoms with Crippen LogP contribution < -0.4 is 14.9 Å². The van der Waals surface area contributed by atoms with Crippen LogP contribution in [0.25, 0.3) is 0 Å². The van der Waals surface area contributed by atoms with Crippen LogP contribution in [0.15, 0.2) is 23.1 Å². The molecule has 0 aliphatic carbocycles. The van der Waals surface area contributed by atoms with Crippen LogP contribution in [0.1, 0.15) is 25.3 Å². The summed E-state index contributed by atoms with van der Waals surface area (Å²) in [6.45, 7) is 4.47. The monoisotopic (exact) mass is 373 g/mol. The van der Waals surface area contributed by atoms with Gasteiger partial charge in [0.2, 0.25) is 15.9 Å². The maximum atomic E-state index is 12.8. The lowest BCUT2D eigenvalue weighted by Crippen LogP contribution is -2.40. The third kappa shape index (κ3) is 3.74. The average molecular weight is 374 g/mol. The molecular formula is C16H24ClN3O3S. The fraction of sp³-hybridized carbons (Fsp3) is 0.562. The molecular weight excluding hydrogens is 350 g/mol. The molecule has 0 spiro atoms. The molecule has 2 aliphatic heterocycles. The van der Waals surface area contributed by atoms with E-state index in [4.69, 9.17) is 0 Å². The normalized spacial score (nSPS) is 18.1. The maximum absolute atomic E-state index is 12.8. The van der Waals surface area contributed by atoms with Crippen molar-refractivity contribution in [2.45, 2.75) is 31.1 Å². The minimum absolute atomic E-state index is 0. The molecule has 1 aromatic rings. The van der Waals surface area contributed by atoms with Crippen molar-refractivity contribution in [2.75, 3.05) is 31.1 Å².